The van der Waals surface area contributed by atoms with Crippen molar-refractivity contribution in [3.8, 4) is 0 Å². The number of carbonyl (C=O) groups is 5. The van der Waals surface area contributed by atoms with Gasteiger partial charge in [-0.3, -0.25) is 38.7 Å². The van der Waals surface area contributed by atoms with E-state index in [1.807, 2.05) is 97.1 Å². The minimum atomic E-state index is -1.16. The molecule has 8 aromatic rings. The van der Waals surface area contributed by atoms with Crippen LogP contribution in [-0.2, 0) is 24.0 Å². The van der Waals surface area contributed by atoms with Crippen LogP contribution in [0, 0.1) is 0 Å². The van der Waals surface area contributed by atoms with Crippen molar-refractivity contribution in [3.63, 3.8) is 0 Å². The molecule has 8 aromatic carbocycles. The van der Waals surface area contributed by atoms with E-state index < -0.39 is 49.4 Å². The van der Waals surface area contributed by atoms with E-state index in [4.69, 9.17) is 0 Å². The molecular formula is C46H41N5O8. The van der Waals surface area contributed by atoms with Gasteiger partial charge >= 0.3 is 17.9 Å². The lowest BCUT2D eigenvalue weighted by molar-refractivity contribution is -0.140. The lowest BCUT2D eigenvalue weighted by Gasteiger charge is -2.28. The molecule has 0 fully saturated rings. The maximum Gasteiger partial charge on any atom is 0.317 e. The number of benzene rings is 8. The molecule has 59 heavy (non-hydrogen) atoms. The smallest absolute Gasteiger partial charge is 0.317 e. The molecule has 0 spiro atoms. The van der Waals surface area contributed by atoms with Crippen LogP contribution in [0.5, 0.6) is 0 Å². The van der Waals surface area contributed by atoms with E-state index in [1.54, 1.807) is 0 Å². The highest BCUT2D eigenvalue weighted by Gasteiger charge is 2.22. The van der Waals surface area contributed by atoms with Gasteiger partial charge in [0.25, 0.3) is 0 Å². The summed E-state index contributed by atoms with van der Waals surface area (Å²) in [6, 6.07) is 35.8. The van der Waals surface area contributed by atoms with Crippen molar-refractivity contribution in [2.24, 2.45) is 0 Å². The summed E-state index contributed by atoms with van der Waals surface area (Å²) in [6.45, 7) is -1.75. The zero-order chi connectivity index (χ0) is 41.2. The van der Waals surface area contributed by atoms with Crippen LogP contribution in [0.3, 0.4) is 0 Å². The molecule has 13 nitrogen and oxygen atoms in total. The number of hydrogen-bond acceptors (Lipinski definition) is 8. The van der Waals surface area contributed by atoms with E-state index in [1.165, 1.54) is 14.7 Å². The third-order valence-electron chi connectivity index (χ3n) is 10.9. The fraction of sp³-hybridized carbons (Fsp3) is 0.196. The monoisotopic (exact) mass is 791 g/mol. The van der Waals surface area contributed by atoms with Gasteiger partial charge in [-0.1, -0.05) is 97.1 Å². The molecule has 8 rings (SSSR count). The molecule has 0 aliphatic carbocycles. The first-order valence-corrected chi connectivity index (χ1v) is 19.3. The van der Waals surface area contributed by atoms with Crippen LogP contribution in [0.4, 0.5) is 11.4 Å². The van der Waals surface area contributed by atoms with Gasteiger partial charge in [0.15, 0.2) is 0 Å². The molecule has 0 saturated carbocycles. The zero-order valence-corrected chi connectivity index (χ0v) is 32.0. The lowest BCUT2D eigenvalue weighted by atomic mass is 9.93. The fourth-order valence-corrected chi connectivity index (χ4v) is 8.31. The van der Waals surface area contributed by atoms with Gasteiger partial charge < -0.3 is 26.0 Å². The molecule has 0 saturated heterocycles. The lowest BCUT2D eigenvalue weighted by Crippen LogP contribution is -2.46. The minimum absolute atomic E-state index is 0.0273. The largest absolute Gasteiger partial charge is 0.480 e. The van der Waals surface area contributed by atoms with Gasteiger partial charge in [0.2, 0.25) is 11.8 Å². The highest BCUT2D eigenvalue weighted by atomic mass is 16.4. The Hall–Kier alpha value is -6.93. The average molecular weight is 792 g/mol. The van der Waals surface area contributed by atoms with E-state index in [9.17, 15) is 39.3 Å². The number of carbonyl (C=O) groups excluding carboxylic acids is 2. The van der Waals surface area contributed by atoms with Crippen LogP contribution in [0.1, 0.15) is 0 Å². The predicted molar refractivity (Wildman–Crippen MR) is 230 cm³/mol. The second-order valence-electron chi connectivity index (χ2n) is 14.9. The van der Waals surface area contributed by atoms with Gasteiger partial charge in [-0.05, 0) is 66.0 Å². The number of nitrogens with zero attached hydrogens (tertiary/aromatic N) is 3. The zero-order valence-electron chi connectivity index (χ0n) is 32.0. The Balaban J connectivity index is 0.923. The highest BCUT2D eigenvalue weighted by molar-refractivity contribution is 6.27. The Labute approximate surface area is 337 Å². The van der Waals surface area contributed by atoms with Crippen LogP contribution in [-0.4, -0.2) is 119 Å². The number of hydrogen-bond donors (Lipinski definition) is 5. The van der Waals surface area contributed by atoms with E-state index in [-0.39, 0.29) is 39.3 Å². The molecule has 0 unspecified atom stereocenters. The molecule has 298 valence electrons. The molecule has 0 radical (unpaired) electrons. The van der Waals surface area contributed by atoms with Crippen molar-refractivity contribution in [1.29, 1.82) is 0 Å². The van der Waals surface area contributed by atoms with Gasteiger partial charge in [-0.2, -0.15) is 0 Å². The topological polar surface area (TPSA) is 180 Å². The second kappa shape index (κ2) is 16.5. The van der Waals surface area contributed by atoms with Crippen molar-refractivity contribution in [2.75, 3.05) is 69.5 Å². The number of carboxylic acid groups (broad SMARTS) is 3. The Morgan fingerprint density at radius 1 is 0.373 bits per heavy atom. The third-order valence-corrected chi connectivity index (χ3v) is 10.9. The van der Waals surface area contributed by atoms with Crippen LogP contribution in [0.25, 0.3) is 64.6 Å². The van der Waals surface area contributed by atoms with E-state index in [0.29, 0.717) is 11.4 Å². The Morgan fingerprint density at radius 3 is 1.05 bits per heavy atom. The number of anilines is 2. The molecule has 13 heteroatoms. The maximum atomic E-state index is 13.4. The minimum Gasteiger partial charge on any atom is -0.480 e. The molecule has 0 atom stereocenters. The average Bonchev–Trinajstić information content (AvgIpc) is 3.20. The van der Waals surface area contributed by atoms with E-state index in [0.717, 1.165) is 64.6 Å². The Morgan fingerprint density at radius 2 is 0.678 bits per heavy atom. The summed E-state index contributed by atoms with van der Waals surface area (Å²) in [5, 5.41) is 47.3. The van der Waals surface area contributed by atoms with Crippen LogP contribution in [0.15, 0.2) is 109 Å². The highest BCUT2D eigenvalue weighted by Crippen LogP contribution is 2.39. The maximum absolute atomic E-state index is 13.4. The standard InChI is InChI=1S/C46H41N5O8/c52-38(47-36-17-13-32-9-7-28-3-1-5-30-11-15-34(36)45(32)43(28)30)23-50(26-41(56)57)21-19-49(25-40(54)55)20-22-51(27-42(58)59)24-39(53)48-37-18-14-33-10-8-29-4-2-6-31-12-16-35(37)46(33)44(29)31/h1-18H,19-27H2,(H,47,52)(H,48,53)(H,54,55)(H,56,57)(H,58,59). The van der Waals surface area contributed by atoms with Crippen molar-refractivity contribution in [2.45, 2.75) is 0 Å². The molecule has 0 aromatic heterocycles. The van der Waals surface area contributed by atoms with Crippen LogP contribution in [0.2, 0.25) is 0 Å². The van der Waals surface area contributed by atoms with E-state index in [2.05, 4.69) is 22.8 Å². The summed E-state index contributed by atoms with van der Waals surface area (Å²) in [6.07, 6.45) is 0. The van der Waals surface area contributed by atoms with Crippen LogP contribution < -0.4 is 10.6 Å². The SMILES string of the molecule is O=C(O)CN(CCN(CC(=O)O)CC(=O)Nc1ccc2ccc3cccc4ccc1c2c34)CCN(CC(=O)O)CC(=O)Nc1ccc2ccc3cccc4ccc1c2c34. The van der Waals surface area contributed by atoms with E-state index >= 15 is 0 Å². The quantitative estimate of drug-likeness (QED) is 0.0623. The molecule has 0 heterocycles. The molecular weight excluding hydrogens is 751 g/mol. The van der Waals surface area contributed by atoms with Gasteiger partial charge in [-0.25, -0.2) is 0 Å². The molecule has 0 bridgehead atoms. The molecule has 2 amide bonds. The number of nitrogens with one attached hydrogen (secondary N) is 2. The summed E-state index contributed by atoms with van der Waals surface area (Å²) in [5.74, 6) is -4.33. The molecule has 5 N–H and O–H groups in total. The van der Waals surface area contributed by atoms with Crippen molar-refractivity contribution >= 4 is 106 Å². The van der Waals surface area contributed by atoms with Crippen molar-refractivity contribution in [3.05, 3.63) is 109 Å². The summed E-state index contributed by atoms with van der Waals surface area (Å²) >= 11 is 0. The number of carboxylic acids is 3. The normalized spacial score (nSPS) is 12.0. The molecule has 0 aliphatic heterocycles. The molecule has 0 aliphatic rings. The number of amides is 2. The van der Waals surface area contributed by atoms with Gasteiger partial charge in [0.1, 0.15) is 0 Å². The summed E-state index contributed by atoms with van der Waals surface area (Å²) < 4.78 is 0. The van der Waals surface area contributed by atoms with Crippen molar-refractivity contribution < 1.29 is 39.3 Å². The van der Waals surface area contributed by atoms with Gasteiger partial charge in [0, 0.05) is 48.3 Å². The second-order valence-corrected chi connectivity index (χ2v) is 14.9. The Kier molecular flexibility index (Phi) is 10.9. The first-order chi connectivity index (χ1) is 28.5. The predicted octanol–water partition coefficient (Wildman–Crippen LogP) is 6.22. The van der Waals surface area contributed by atoms with Gasteiger partial charge in [0.05, 0.1) is 32.7 Å². The first-order valence-electron chi connectivity index (χ1n) is 19.3. The van der Waals surface area contributed by atoms with Crippen LogP contribution >= 0.6 is 0 Å². The van der Waals surface area contributed by atoms with Crippen molar-refractivity contribution in [1.82, 2.24) is 14.7 Å². The number of aliphatic carboxylic acids is 3. The summed E-state index contributed by atoms with van der Waals surface area (Å²) in [5.41, 5.74) is 1.18. The Bertz CT molecular complexity index is 2680. The fourth-order valence-electron chi connectivity index (χ4n) is 8.31. The number of rotatable bonds is 18. The van der Waals surface area contributed by atoms with Gasteiger partial charge in [-0.15, -0.1) is 0 Å². The first kappa shape index (κ1) is 38.9. The summed E-state index contributed by atoms with van der Waals surface area (Å²) in [4.78, 5) is 66.9. The third kappa shape index (κ3) is 8.39. The summed E-state index contributed by atoms with van der Waals surface area (Å²) in [7, 11) is 0.